The Balaban J connectivity index is 1.64. The molecule has 0 bridgehead atoms. The molecule has 2 saturated heterocycles. The van der Waals surface area contributed by atoms with Crippen LogP contribution in [-0.4, -0.2) is 85.9 Å². The average Bonchev–Trinajstić information content (AvgIpc) is 2.74. The number of carbonyl (C=O) groups is 2. The number of β-lactam (4-membered cyclic amide) rings is 1. The molecule has 2 fully saturated rings. The van der Waals surface area contributed by atoms with E-state index in [1.165, 1.54) is 0 Å². The van der Waals surface area contributed by atoms with Crippen molar-refractivity contribution in [2.45, 2.75) is 37.5 Å². The van der Waals surface area contributed by atoms with E-state index in [9.17, 15) is 9.59 Å². The van der Waals surface area contributed by atoms with Crippen LogP contribution in [0.3, 0.4) is 0 Å². The maximum absolute atomic E-state index is 12.8. The van der Waals surface area contributed by atoms with Crippen LogP contribution in [0.4, 0.5) is 0 Å². The van der Waals surface area contributed by atoms with Crippen LogP contribution in [0.15, 0.2) is 24.5 Å². The van der Waals surface area contributed by atoms with Gasteiger partial charge in [-0.3, -0.25) is 14.6 Å². The lowest BCUT2D eigenvalue weighted by Gasteiger charge is -2.52. The Morgan fingerprint density at radius 2 is 1.79 bits per heavy atom. The summed E-state index contributed by atoms with van der Waals surface area (Å²) in [5.74, 6) is 0.128. The van der Waals surface area contributed by atoms with Crippen molar-refractivity contribution in [1.29, 1.82) is 0 Å². The fourth-order valence-corrected chi connectivity index (χ4v) is 3.95. The molecule has 0 N–H and O–H groups in total. The topological polar surface area (TPSA) is 81.2 Å². The SMILES string of the molecule is COCCO[C@H]1C(=O)N(C2CCN(C(=O)CCOC)CC2)[C@H]1c1ccncc1. The van der Waals surface area contributed by atoms with Crippen LogP contribution < -0.4 is 0 Å². The van der Waals surface area contributed by atoms with Crippen LogP contribution in [-0.2, 0) is 23.8 Å². The summed E-state index contributed by atoms with van der Waals surface area (Å²) in [5.41, 5.74) is 1.02. The molecule has 3 heterocycles. The summed E-state index contributed by atoms with van der Waals surface area (Å²) < 4.78 is 15.8. The Kier molecular flexibility index (Phi) is 7.36. The molecule has 8 nitrogen and oxygen atoms in total. The van der Waals surface area contributed by atoms with Gasteiger partial charge in [-0.2, -0.15) is 0 Å². The number of aromatic nitrogens is 1. The standard InChI is InChI=1S/C20H29N3O5/c1-26-12-7-17(24)22-10-5-16(6-11-22)23-18(15-3-8-21-9-4-15)19(20(23)25)28-14-13-27-2/h3-4,8-9,16,18-19H,5-7,10-14H2,1-2H3/t18-,19+/m0/s1. The maximum atomic E-state index is 12.8. The molecular weight excluding hydrogens is 362 g/mol. The highest BCUT2D eigenvalue weighted by Gasteiger charge is 2.52. The predicted molar refractivity (Wildman–Crippen MR) is 102 cm³/mol. The van der Waals surface area contributed by atoms with Gasteiger partial charge < -0.3 is 24.0 Å². The Morgan fingerprint density at radius 3 is 2.43 bits per heavy atom. The zero-order chi connectivity index (χ0) is 19.9. The van der Waals surface area contributed by atoms with Crippen LogP contribution in [0.1, 0.15) is 30.9 Å². The van der Waals surface area contributed by atoms with Gasteiger partial charge in [0, 0.05) is 45.7 Å². The third-order valence-corrected chi connectivity index (χ3v) is 5.45. The van der Waals surface area contributed by atoms with Crippen LogP contribution in [0, 0.1) is 0 Å². The smallest absolute Gasteiger partial charge is 0.255 e. The summed E-state index contributed by atoms with van der Waals surface area (Å²) in [4.78, 5) is 32.9. The predicted octanol–water partition coefficient (Wildman–Crippen LogP) is 1.02. The largest absolute Gasteiger partial charge is 0.384 e. The molecule has 28 heavy (non-hydrogen) atoms. The number of rotatable bonds is 9. The molecule has 0 radical (unpaired) electrons. The normalized spacial score (nSPS) is 23.0. The zero-order valence-corrected chi connectivity index (χ0v) is 16.6. The Bertz CT molecular complexity index is 649. The van der Waals surface area contributed by atoms with E-state index in [0.717, 1.165) is 18.4 Å². The van der Waals surface area contributed by atoms with Gasteiger partial charge in [0.15, 0.2) is 6.10 Å². The van der Waals surface area contributed by atoms with Crippen molar-refractivity contribution in [2.24, 2.45) is 0 Å². The molecule has 0 unspecified atom stereocenters. The van der Waals surface area contributed by atoms with E-state index in [4.69, 9.17) is 14.2 Å². The molecule has 2 atom stereocenters. The molecular formula is C20H29N3O5. The van der Waals surface area contributed by atoms with Gasteiger partial charge in [0.1, 0.15) is 0 Å². The van der Waals surface area contributed by atoms with E-state index in [1.54, 1.807) is 26.6 Å². The molecule has 3 rings (SSSR count). The van der Waals surface area contributed by atoms with Crippen molar-refractivity contribution in [2.75, 3.05) is 47.1 Å². The second-order valence-corrected chi connectivity index (χ2v) is 7.11. The van der Waals surface area contributed by atoms with Crippen LogP contribution in [0.5, 0.6) is 0 Å². The summed E-state index contributed by atoms with van der Waals surface area (Å²) in [6.45, 7) is 2.60. The second kappa shape index (κ2) is 9.95. The van der Waals surface area contributed by atoms with E-state index >= 15 is 0 Å². The van der Waals surface area contributed by atoms with Crippen molar-refractivity contribution >= 4 is 11.8 Å². The fraction of sp³-hybridized carbons (Fsp3) is 0.650. The molecule has 1 aromatic rings. The number of pyridine rings is 1. The minimum absolute atomic E-state index is 0.0158. The van der Waals surface area contributed by atoms with Crippen molar-refractivity contribution < 1.29 is 23.8 Å². The van der Waals surface area contributed by atoms with Crippen LogP contribution >= 0.6 is 0 Å². The van der Waals surface area contributed by atoms with Crippen molar-refractivity contribution in [3.8, 4) is 0 Å². The van der Waals surface area contributed by atoms with E-state index in [0.29, 0.717) is 39.3 Å². The summed E-state index contributed by atoms with van der Waals surface area (Å²) in [7, 11) is 3.21. The van der Waals surface area contributed by atoms with Crippen molar-refractivity contribution in [3.05, 3.63) is 30.1 Å². The third kappa shape index (κ3) is 4.51. The molecule has 0 saturated carbocycles. The van der Waals surface area contributed by atoms with Gasteiger partial charge in [0.2, 0.25) is 5.91 Å². The summed E-state index contributed by atoms with van der Waals surface area (Å²) in [6, 6.07) is 3.85. The first-order valence-corrected chi connectivity index (χ1v) is 9.76. The summed E-state index contributed by atoms with van der Waals surface area (Å²) in [6.07, 6.45) is 4.94. The monoisotopic (exact) mass is 391 g/mol. The Morgan fingerprint density at radius 1 is 1.11 bits per heavy atom. The van der Waals surface area contributed by atoms with E-state index in [2.05, 4.69) is 4.98 Å². The van der Waals surface area contributed by atoms with Gasteiger partial charge in [0.05, 0.1) is 32.3 Å². The highest BCUT2D eigenvalue weighted by molar-refractivity contribution is 5.89. The van der Waals surface area contributed by atoms with Gasteiger partial charge >= 0.3 is 0 Å². The molecule has 2 amide bonds. The number of hydrogen-bond donors (Lipinski definition) is 0. The third-order valence-electron chi connectivity index (χ3n) is 5.45. The highest BCUT2D eigenvalue weighted by Crippen LogP contribution is 2.40. The number of amides is 2. The van der Waals surface area contributed by atoms with E-state index in [1.807, 2.05) is 21.9 Å². The second-order valence-electron chi connectivity index (χ2n) is 7.11. The first-order chi connectivity index (χ1) is 13.7. The molecule has 1 aromatic heterocycles. The quantitative estimate of drug-likeness (QED) is 0.462. The molecule has 2 aliphatic heterocycles. The van der Waals surface area contributed by atoms with E-state index < -0.39 is 6.10 Å². The van der Waals surface area contributed by atoms with Gasteiger partial charge in [-0.05, 0) is 30.5 Å². The van der Waals surface area contributed by atoms with Crippen LogP contribution in [0.2, 0.25) is 0 Å². The molecule has 0 aliphatic carbocycles. The number of likely N-dealkylation sites (tertiary alicyclic amines) is 2. The lowest BCUT2D eigenvalue weighted by molar-refractivity contribution is -0.184. The number of nitrogens with zero attached hydrogens (tertiary/aromatic N) is 3. The molecule has 8 heteroatoms. The summed E-state index contributed by atoms with van der Waals surface area (Å²) >= 11 is 0. The lowest BCUT2D eigenvalue weighted by Crippen LogP contribution is -2.65. The minimum Gasteiger partial charge on any atom is -0.384 e. The Labute approximate surface area is 165 Å². The number of piperidine rings is 1. The van der Waals surface area contributed by atoms with Gasteiger partial charge in [0.25, 0.3) is 5.91 Å². The number of ether oxygens (including phenoxy) is 3. The van der Waals surface area contributed by atoms with E-state index in [-0.39, 0.29) is 23.9 Å². The molecule has 2 aliphatic rings. The number of methoxy groups -OCH3 is 2. The molecule has 154 valence electrons. The average molecular weight is 391 g/mol. The maximum Gasteiger partial charge on any atom is 0.255 e. The van der Waals surface area contributed by atoms with Gasteiger partial charge in [-0.25, -0.2) is 0 Å². The summed E-state index contributed by atoms with van der Waals surface area (Å²) in [5, 5.41) is 0. The minimum atomic E-state index is -0.487. The Hall–Kier alpha value is -2.03. The van der Waals surface area contributed by atoms with Gasteiger partial charge in [-0.1, -0.05) is 0 Å². The number of hydrogen-bond acceptors (Lipinski definition) is 6. The lowest BCUT2D eigenvalue weighted by atomic mass is 9.86. The number of carbonyl (C=O) groups excluding carboxylic acids is 2. The fourth-order valence-electron chi connectivity index (χ4n) is 3.95. The van der Waals surface area contributed by atoms with Crippen molar-refractivity contribution in [3.63, 3.8) is 0 Å². The molecule has 0 aromatic carbocycles. The molecule has 0 spiro atoms. The first-order valence-electron chi connectivity index (χ1n) is 9.76. The van der Waals surface area contributed by atoms with Crippen molar-refractivity contribution in [1.82, 2.24) is 14.8 Å². The van der Waals surface area contributed by atoms with Gasteiger partial charge in [-0.15, -0.1) is 0 Å². The first kappa shape index (κ1) is 20.7. The highest BCUT2D eigenvalue weighted by atomic mass is 16.5. The zero-order valence-electron chi connectivity index (χ0n) is 16.6. The van der Waals surface area contributed by atoms with Crippen LogP contribution in [0.25, 0.3) is 0 Å².